The van der Waals surface area contributed by atoms with Crippen LogP contribution in [-0.4, -0.2) is 27.2 Å². The Labute approximate surface area is 143 Å². The maximum atomic E-state index is 12.3. The Balaban J connectivity index is 1.59. The van der Waals surface area contributed by atoms with Gasteiger partial charge in [-0.25, -0.2) is 4.68 Å². The van der Waals surface area contributed by atoms with E-state index in [0.717, 1.165) is 5.69 Å². The molecule has 7 heteroatoms. The topological polar surface area (TPSA) is 96.9 Å². The molecule has 25 heavy (non-hydrogen) atoms. The van der Waals surface area contributed by atoms with Gasteiger partial charge in [0, 0.05) is 31.3 Å². The first-order chi connectivity index (χ1) is 12.1. The summed E-state index contributed by atoms with van der Waals surface area (Å²) in [4.78, 5) is 40.5. The predicted octanol–water partition coefficient (Wildman–Crippen LogP) is 0.834. The van der Waals surface area contributed by atoms with Gasteiger partial charge in [-0.15, -0.1) is 0 Å². The van der Waals surface area contributed by atoms with Gasteiger partial charge < -0.3 is 5.32 Å². The van der Waals surface area contributed by atoms with E-state index in [9.17, 15) is 14.4 Å². The summed E-state index contributed by atoms with van der Waals surface area (Å²) >= 11 is 0. The normalized spacial score (nSPS) is 10.7. The zero-order chi connectivity index (χ0) is 17.6. The van der Waals surface area contributed by atoms with Gasteiger partial charge in [-0.1, -0.05) is 18.2 Å². The number of nitrogens with one attached hydrogen (secondary N) is 2. The molecular formula is C18H18N4O3. The number of hydrogen-bond acceptors (Lipinski definition) is 4. The van der Waals surface area contributed by atoms with Crippen LogP contribution in [0.4, 0.5) is 0 Å². The van der Waals surface area contributed by atoms with Crippen molar-refractivity contribution in [3.05, 3.63) is 75.1 Å². The van der Waals surface area contributed by atoms with Crippen LogP contribution in [0.1, 0.15) is 12.1 Å². The molecule has 3 aromatic rings. The van der Waals surface area contributed by atoms with Crippen LogP contribution >= 0.6 is 0 Å². The lowest BCUT2D eigenvalue weighted by atomic mass is 10.2. The average Bonchev–Trinajstić information content (AvgIpc) is 2.64. The minimum atomic E-state index is -0.342. The molecule has 0 atom stereocenters. The van der Waals surface area contributed by atoms with Gasteiger partial charge >= 0.3 is 0 Å². The van der Waals surface area contributed by atoms with Crippen LogP contribution in [0, 0.1) is 0 Å². The zero-order valence-electron chi connectivity index (χ0n) is 13.6. The summed E-state index contributed by atoms with van der Waals surface area (Å²) in [5, 5.41) is 6.00. The van der Waals surface area contributed by atoms with E-state index < -0.39 is 0 Å². The molecular weight excluding hydrogens is 320 g/mol. The van der Waals surface area contributed by atoms with Gasteiger partial charge in [-0.05, 0) is 24.3 Å². The Hall–Kier alpha value is -3.22. The molecule has 0 aliphatic heterocycles. The highest BCUT2D eigenvalue weighted by molar-refractivity contribution is 5.80. The van der Waals surface area contributed by atoms with Crippen LogP contribution in [0.5, 0.6) is 0 Å². The van der Waals surface area contributed by atoms with Crippen LogP contribution in [0.25, 0.3) is 10.8 Å². The third-order valence-electron chi connectivity index (χ3n) is 3.88. The van der Waals surface area contributed by atoms with Gasteiger partial charge in [0.1, 0.15) is 0 Å². The van der Waals surface area contributed by atoms with E-state index in [1.54, 1.807) is 30.5 Å². The number of aromatic nitrogens is 3. The molecule has 3 rings (SSSR count). The summed E-state index contributed by atoms with van der Waals surface area (Å²) in [5.74, 6) is -0.183. The van der Waals surface area contributed by atoms with Crippen molar-refractivity contribution in [2.75, 3.05) is 6.54 Å². The number of nitrogens with zero attached hydrogens (tertiary/aromatic N) is 2. The van der Waals surface area contributed by atoms with Gasteiger partial charge in [0.25, 0.3) is 11.1 Å². The number of aryl methyl sites for hydroxylation is 1. The van der Waals surface area contributed by atoms with Crippen molar-refractivity contribution in [3.8, 4) is 0 Å². The monoisotopic (exact) mass is 338 g/mol. The second-order valence-electron chi connectivity index (χ2n) is 5.61. The van der Waals surface area contributed by atoms with Crippen LogP contribution in [0.2, 0.25) is 0 Å². The number of benzene rings is 1. The van der Waals surface area contributed by atoms with E-state index in [2.05, 4.69) is 15.4 Å². The minimum absolute atomic E-state index is 0.108. The highest BCUT2D eigenvalue weighted by atomic mass is 16.2. The molecule has 0 spiro atoms. The molecule has 2 N–H and O–H groups in total. The van der Waals surface area contributed by atoms with Gasteiger partial charge in [0.05, 0.1) is 17.3 Å². The molecule has 0 fully saturated rings. The summed E-state index contributed by atoms with van der Waals surface area (Å²) < 4.78 is 1.18. The molecule has 2 aromatic heterocycles. The number of carbonyl (C=O) groups excluding carboxylic acids is 1. The molecule has 0 unspecified atom stereocenters. The lowest BCUT2D eigenvalue weighted by Gasteiger charge is -2.08. The summed E-state index contributed by atoms with van der Waals surface area (Å²) in [6.07, 6.45) is 2.45. The summed E-state index contributed by atoms with van der Waals surface area (Å²) in [6.45, 7) is 0.591. The Morgan fingerprint density at radius 3 is 2.60 bits per heavy atom. The van der Waals surface area contributed by atoms with Crippen molar-refractivity contribution in [2.45, 2.75) is 19.4 Å². The lowest BCUT2D eigenvalue weighted by Crippen LogP contribution is -2.33. The number of rotatable bonds is 6. The van der Waals surface area contributed by atoms with E-state index in [1.165, 1.54) is 4.68 Å². The van der Waals surface area contributed by atoms with Crippen LogP contribution in [0.3, 0.4) is 0 Å². The second kappa shape index (κ2) is 7.57. The van der Waals surface area contributed by atoms with Crippen molar-refractivity contribution in [3.63, 3.8) is 0 Å². The molecule has 0 aliphatic rings. The average molecular weight is 338 g/mol. The Kier molecular flexibility index (Phi) is 5.03. The Morgan fingerprint density at radius 1 is 1.08 bits per heavy atom. The zero-order valence-corrected chi connectivity index (χ0v) is 13.6. The molecule has 0 aliphatic carbocycles. The largest absolute Gasteiger partial charge is 0.356 e. The maximum Gasteiger partial charge on any atom is 0.273 e. The highest BCUT2D eigenvalue weighted by Gasteiger charge is 2.08. The molecule has 0 saturated carbocycles. The fourth-order valence-electron chi connectivity index (χ4n) is 2.58. The first-order valence-electron chi connectivity index (χ1n) is 8.03. The third-order valence-corrected chi connectivity index (χ3v) is 3.88. The molecule has 128 valence electrons. The first kappa shape index (κ1) is 16.6. The van der Waals surface area contributed by atoms with Crippen molar-refractivity contribution >= 4 is 16.7 Å². The molecule has 0 saturated heterocycles. The van der Waals surface area contributed by atoms with E-state index in [1.807, 2.05) is 18.2 Å². The molecule has 1 amide bonds. The Bertz CT molecular complexity index is 992. The van der Waals surface area contributed by atoms with Gasteiger partial charge in [-0.2, -0.15) is 0 Å². The van der Waals surface area contributed by atoms with Crippen molar-refractivity contribution in [1.82, 2.24) is 20.1 Å². The number of amides is 1. The smallest absolute Gasteiger partial charge is 0.273 e. The predicted molar refractivity (Wildman–Crippen MR) is 94.4 cm³/mol. The van der Waals surface area contributed by atoms with Crippen molar-refractivity contribution in [1.29, 1.82) is 0 Å². The fraction of sp³-hybridized carbons (Fsp3) is 0.222. The number of fused-ring (bicyclic) bond motifs is 1. The number of H-pyrrole nitrogens is 1. The number of pyridine rings is 1. The number of carbonyl (C=O) groups is 1. The third kappa shape index (κ3) is 4.00. The highest BCUT2D eigenvalue weighted by Crippen LogP contribution is 2.02. The van der Waals surface area contributed by atoms with E-state index >= 15 is 0 Å². The van der Waals surface area contributed by atoms with Gasteiger partial charge in [0.2, 0.25) is 5.91 Å². The van der Waals surface area contributed by atoms with Crippen molar-refractivity contribution in [2.24, 2.45) is 0 Å². The standard InChI is InChI=1S/C18H18N4O3/c23-16(20-11-8-13-5-3-4-10-19-13)9-12-22-18(25)15-7-2-1-6-14(15)17(24)21-22/h1-7,10H,8-9,11-12H2,(H,20,23)(H,21,24). The molecule has 7 nitrogen and oxygen atoms in total. The van der Waals surface area contributed by atoms with E-state index in [-0.39, 0.29) is 30.0 Å². The quantitative estimate of drug-likeness (QED) is 0.696. The first-order valence-corrected chi connectivity index (χ1v) is 8.03. The summed E-state index contributed by atoms with van der Waals surface area (Å²) in [6, 6.07) is 12.2. The molecule has 1 aromatic carbocycles. The lowest BCUT2D eigenvalue weighted by molar-refractivity contribution is -0.121. The molecule has 0 radical (unpaired) electrons. The molecule has 0 bridgehead atoms. The van der Waals surface area contributed by atoms with E-state index in [4.69, 9.17) is 0 Å². The minimum Gasteiger partial charge on any atom is -0.356 e. The van der Waals surface area contributed by atoms with Crippen LogP contribution in [0.15, 0.2) is 58.3 Å². The SMILES string of the molecule is O=C(CCn1[nH]c(=O)c2ccccc2c1=O)NCCc1ccccn1. The molecule has 2 heterocycles. The van der Waals surface area contributed by atoms with E-state index in [0.29, 0.717) is 23.7 Å². The van der Waals surface area contributed by atoms with Crippen molar-refractivity contribution < 1.29 is 4.79 Å². The second-order valence-corrected chi connectivity index (χ2v) is 5.61. The number of aromatic amines is 1. The van der Waals surface area contributed by atoms with Crippen LogP contribution in [-0.2, 0) is 17.8 Å². The Morgan fingerprint density at radius 2 is 1.84 bits per heavy atom. The van der Waals surface area contributed by atoms with Crippen LogP contribution < -0.4 is 16.4 Å². The van der Waals surface area contributed by atoms with Gasteiger partial charge in [-0.3, -0.25) is 24.5 Å². The summed E-state index contributed by atoms with van der Waals surface area (Å²) in [7, 11) is 0. The maximum absolute atomic E-state index is 12.3. The fourth-order valence-corrected chi connectivity index (χ4v) is 2.58. The number of hydrogen-bond donors (Lipinski definition) is 2. The van der Waals surface area contributed by atoms with Gasteiger partial charge in [0.15, 0.2) is 0 Å². The summed E-state index contributed by atoms with van der Waals surface area (Å²) in [5.41, 5.74) is 0.250.